The van der Waals surface area contributed by atoms with Crippen LogP contribution in [0.4, 0.5) is 16.6 Å². The number of amides is 2. The average Bonchev–Trinajstić information content (AvgIpc) is 3.32. The number of fused-ring (bicyclic) bond motifs is 1. The number of anilines is 3. The number of carbonyl (C=O) groups excluding carboxylic acids is 2. The van der Waals surface area contributed by atoms with Gasteiger partial charge in [-0.25, -0.2) is 19.1 Å². The van der Waals surface area contributed by atoms with Gasteiger partial charge in [0.1, 0.15) is 45.6 Å². The number of oxime groups is 1. The number of thioether (sulfide) groups is 1. The number of rotatable bonds is 13. The lowest BCUT2D eigenvalue weighted by Crippen LogP contribution is -2.71. The van der Waals surface area contributed by atoms with Gasteiger partial charge < -0.3 is 42.9 Å². The van der Waals surface area contributed by atoms with Crippen molar-refractivity contribution in [3.63, 3.8) is 0 Å². The molecule has 1 fully saturated rings. The van der Waals surface area contributed by atoms with Crippen LogP contribution in [0.25, 0.3) is 0 Å². The Bertz CT molecular complexity index is 1580. The zero-order valence-corrected chi connectivity index (χ0v) is 25.4. The van der Waals surface area contributed by atoms with Gasteiger partial charge in [-0.15, -0.1) is 11.8 Å². The maximum absolute atomic E-state index is 13.2. The van der Waals surface area contributed by atoms with Crippen LogP contribution in [0.3, 0.4) is 0 Å². The van der Waals surface area contributed by atoms with Crippen LogP contribution in [0.2, 0.25) is 4.34 Å². The van der Waals surface area contributed by atoms with E-state index in [4.69, 9.17) is 38.7 Å². The minimum atomic E-state index is -1.42. The number of hydrogen-bond acceptors (Lipinski definition) is 14. The lowest BCUT2D eigenvalue weighted by atomic mass is 10.0. The topological polar surface area (TPSA) is 265 Å². The Kier molecular flexibility index (Phi) is 10.2. The van der Waals surface area contributed by atoms with Gasteiger partial charge in [0.15, 0.2) is 10.8 Å². The van der Waals surface area contributed by atoms with E-state index in [9.17, 15) is 24.3 Å². The maximum atomic E-state index is 13.2. The van der Waals surface area contributed by atoms with Crippen molar-refractivity contribution in [3.05, 3.63) is 46.0 Å². The molecule has 2 aromatic heterocycles. The van der Waals surface area contributed by atoms with Crippen molar-refractivity contribution in [2.45, 2.75) is 31.0 Å². The van der Waals surface area contributed by atoms with E-state index in [0.717, 1.165) is 16.2 Å². The van der Waals surface area contributed by atoms with Crippen LogP contribution < -0.4 is 32.4 Å². The number of carbonyl (C=O) groups is 4. The summed E-state index contributed by atoms with van der Waals surface area (Å²) in [6, 6.07) is -1.12. The molecular formula is C24H28ClN10O7S2+. The molecule has 0 aliphatic carbocycles. The largest absolute Gasteiger partial charge is 0.478 e. The molecular weight excluding hydrogens is 640 g/mol. The number of hydrogen-bond donors (Lipinski definition) is 7. The molecule has 4 heterocycles. The van der Waals surface area contributed by atoms with E-state index in [-0.39, 0.29) is 26.6 Å². The summed E-state index contributed by atoms with van der Waals surface area (Å²) >= 11 is 8.23. The third kappa shape index (κ3) is 7.01. The molecule has 2 amide bonds. The summed E-state index contributed by atoms with van der Waals surface area (Å²) in [5.41, 5.74) is 17.2. The number of aliphatic carboxylic acids is 2. The number of nitrogens with one attached hydrogen (secondary N) is 2. The van der Waals surface area contributed by atoms with E-state index >= 15 is 0 Å². The lowest BCUT2D eigenvalue weighted by molar-refractivity contribution is -0.689. The molecule has 0 saturated carbocycles. The Hall–Kier alpha value is -4.46. The van der Waals surface area contributed by atoms with Crippen LogP contribution in [0, 0.1) is 0 Å². The number of nitrogen functional groups attached to an aromatic ring is 2. The first-order valence-corrected chi connectivity index (χ1v) is 15.0. The Balaban J connectivity index is 1.50. The lowest BCUT2D eigenvalue weighted by Gasteiger charge is -2.49. The molecule has 44 heavy (non-hydrogen) atoms. The van der Waals surface area contributed by atoms with Crippen LogP contribution in [-0.2, 0) is 30.6 Å². The number of nitrogens with two attached hydrogens (primary N) is 3. The Labute approximate surface area is 262 Å². The average molecular weight is 668 g/mol. The second-order valence-electron chi connectivity index (χ2n) is 9.23. The van der Waals surface area contributed by atoms with Crippen LogP contribution >= 0.6 is 34.7 Å². The van der Waals surface area contributed by atoms with Gasteiger partial charge in [0.2, 0.25) is 6.10 Å². The minimum Gasteiger partial charge on any atom is -0.478 e. The Morgan fingerprint density at radius 3 is 2.75 bits per heavy atom. The van der Waals surface area contributed by atoms with Gasteiger partial charge in [-0.05, 0) is 23.6 Å². The van der Waals surface area contributed by atoms with Gasteiger partial charge in [-0.3, -0.25) is 14.5 Å². The van der Waals surface area contributed by atoms with Gasteiger partial charge >= 0.3 is 11.9 Å². The van der Waals surface area contributed by atoms with E-state index in [0.29, 0.717) is 36.7 Å². The molecule has 3 atom stereocenters. The molecule has 2 aliphatic rings. The molecule has 20 heteroatoms. The van der Waals surface area contributed by atoms with Gasteiger partial charge in [0.05, 0.1) is 0 Å². The van der Waals surface area contributed by atoms with Crippen molar-refractivity contribution in [1.82, 2.24) is 20.2 Å². The summed E-state index contributed by atoms with van der Waals surface area (Å²) in [4.78, 5) is 63.9. The second kappa shape index (κ2) is 13.9. The van der Waals surface area contributed by atoms with Crippen LogP contribution in [0.15, 0.2) is 41.1 Å². The van der Waals surface area contributed by atoms with Crippen molar-refractivity contribution in [2.24, 2.45) is 10.9 Å². The van der Waals surface area contributed by atoms with E-state index < -0.39 is 47.0 Å². The van der Waals surface area contributed by atoms with Gasteiger partial charge in [-0.2, -0.15) is 0 Å². The van der Waals surface area contributed by atoms with Crippen LogP contribution in [0.5, 0.6) is 0 Å². The molecule has 17 nitrogen and oxygen atoms in total. The summed E-state index contributed by atoms with van der Waals surface area (Å²) in [6.45, 7) is 2.43. The Morgan fingerprint density at radius 1 is 1.36 bits per heavy atom. The molecule has 0 spiro atoms. The van der Waals surface area contributed by atoms with Gasteiger partial charge in [-0.1, -0.05) is 34.2 Å². The number of β-lactam (4-membered cyclic amide) rings is 1. The summed E-state index contributed by atoms with van der Waals surface area (Å²) in [6.07, 6.45) is 5.18. The number of carboxylic acids is 2. The smallest absolute Gasteiger partial charge is 0.352 e. The van der Waals surface area contributed by atoms with E-state index in [2.05, 4.69) is 25.8 Å². The molecule has 2 aromatic rings. The van der Waals surface area contributed by atoms with Crippen molar-refractivity contribution in [2.75, 3.05) is 35.6 Å². The monoisotopic (exact) mass is 667 g/mol. The van der Waals surface area contributed by atoms with E-state index in [1.165, 1.54) is 25.0 Å². The van der Waals surface area contributed by atoms with Crippen molar-refractivity contribution >= 4 is 80.8 Å². The second-order valence-corrected chi connectivity index (χ2v) is 12.0. The highest BCUT2D eigenvalue weighted by atomic mass is 35.5. The zero-order valence-electron chi connectivity index (χ0n) is 23.0. The minimum absolute atomic E-state index is 0.0112. The fourth-order valence-electron chi connectivity index (χ4n) is 4.04. The van der Waals surface area contributed by atoms with Gasteiger partial charge in [0, 0.05) is 18.8 Å². The number of thiazole rings is 1. The number of allylic oxidation sites excluding steroid dienone is 2. The predicted octanol–water partition coefficient (Wildman–Crippen LogP) is -0.797. The maximum Gasteiger partial charge on any atom is 0.352 e. The van der Waals surface area contributed by atoms with Crippen molar-refractivity contribution in [3.8, 4) is 0 Å². The molecule has 1 saturated heterocycles. The first-order chi connectivity index (χ1) is 20.9. The summed E-state index contributed by atoms with van der Waals surface area (Å²) in [5, 5.41) is 27.5. The molecule has 0 unspecified atom stereocenters. The molecule has 0 radical (unpaired) electrons. The SMILES string of the molecule is C[C@H](O/N=C(\C(=O)N[C@@H]1C(=O)N2C(C(=O)O)=C(/C=C/C[n+]3cnc(N)c(NCCN)c3)CS[C@H]12)c1nc(N)sc1Cl)C(=O)O. The third-order valence-corrected chi connectivity index (χ3v) is 8.58. The molecule has 0 aromatic carbocycles. The van der Waals surface area contributed by atoms with Gasteiger partial charge in [0.25, 0.3) is 24.0 Å². The standard InChI is InChI=1S/C24H27ClN10O7S2/c1-10(22(38)39)42-33-14(13-17(25)44-24(28)32-13)19(36)31-15-20(37)35-16(23(40)41)11(8-43-21(15)35)3-2-6-34-7-12(29-5-4-26)18(27)30-9-34/h2-3,7,9-10,15,21,27,29H,4-6,8,26H2,1H3,(H5,28,31,32,36,38,39,40,41)/p+1/b3-2+,33-14-/t10-,15+,21+/m0/s1. The van der Waals surface area contributed by atoms with E-state index in [1.54, 1.807) is 22.9 Å². The predicted molar refractivity (Wildman–Crippen MR) is 161 cm³/mol. The van der Waals surface area contributed by atoms with Crippen LogP contribution in [-0.4, -0.2) is 90.9 Å². The Morgan fingerprint density at radius 2 is 2.11 bits per heavy atom. The van der Waals surface area contributed by atoms with E-state index in [1.807, 2.05) is 0 Å². The van der Waals surface area contributed by atoms with Crippen molar-refractivity contribution in [1.29, 1.82) is 0 Å². The molecule has 0 bridgehead atoms. The normalized spacial score (nSPS) is 18.9. The number of nitrogens with zero attached hydrogens (tertiary/aromatic N) is 5. The zero-order chi connectivity index (χ0) is 32.1. The number of halogens is 1. The number of aromatic nitrogens is 3. The molecule has 10 N–H and O–H groups in total. The van der Waals surface area contributed by atoms with Crippen LogP contribution in [0.1, 0.15) is 12.6 Å². The summed E-state index contributed by atoms with van der Waals surface area (Å²) in [5.74, 6) is -3.75. The highest BCUT2D eigenvalue weighted by Gasteiger charge is 2.54. The highest BCUT2D eigenvalue weighted by molar-refractivity contribution is 8.00. The molecule has 4 rings (SSSR count). The number of carboxylic acid groups (broad SMARTS) is 2. The van der Waals surface area contributed by atoms with Crippen molar-refractivity contribution < 1.29 is 38.8 Å². The summed E-state index contributed by atoms with van der Waals surface area (Å²) < 4.78 is 1.72. The molecule has 2 aliphatic heterocycles. The fraction of sp³-hybridized carbons (Fsp3) is 0.333. The fourth-order valence-corrected chi connectivity index (χ4v) is 6.29. The molecule has 234 valence electrons. The first kappa shape index (κ1) is 32.5. The third-order valence-electron chi connectivity index (χ3n) is 6.19. The summed E-state index contributed by atoms with van der Waals surface area (Å²) in [7, 11) is 0. The first-order valence-electron chi connectivity index (χ1n) is 12.8. The highest BCUT2D eigenvalue weighted by Crippen LogP contribution is 2.40. The quantitative estimate of drug-likeness (QED) is 0.0597.